The molecule has 0 saturated carbocycles. The van der Waals surface area contributed by atoms with Gasteiger partial charge in [0.25, 0.3) is 0 Å². The number of carbonyl (C=O) groups excluding carboxylic acids is 1. The van der Waals surface area contributed by atoms with E-state index in [1.165, 1.54) is 12.1 Å². The van der Waals surface area contributed by atoms with Crippen LogP contribution in [0.3, 0.4) is 0 Å². The first-order chi connectivity index (χ1) is 16.0. The van der Waals surface area contributed by atoms with Gasteiger partial charge in [-0.05, 0) is 54.8 Å². The number of fused-ring (bicyclic) bond motifs is 1. The Labute approximate surface area is 190 Å². The second kappa shape index (κ2) is 8.23. The first-order valence-electron chi connectivity index (χ1n) is 10.6. The van der Waals surface area contributed by atoms with Crippen LogP contribution in [0.2, 0.25) is 0 Å². The summed E-state index contributed by atoms with van der Waals surface area (Å²) in [7, 11) is 4.64. The zero-order valence-corrected chi connectivity index (χ0v) is 18.5. The number of ketones is 1. The smallest absolute Gasteiger partial charge is 0.226 e. The molecule has 0 bridgehead atoms. The predicted molar refractivity (Wildman–Crippen MR) is 119 cm³/mol. The van der Waals surface area contributed by atoms with Crippen molar-refractivity contribution in [1.29, 1.82) is 0 Å². The van der Waals surface area contributed by atoms with Crippen LogP contribution in [0.25, 0.3) is 11.4 Å². The number of carbonyl (C=O) groups is 1. The van der Waals surface area contributed by atoms with Gasteiger partial charge < -0.3 is 19.5 Å². The molecule has 0 spiro atoms. The quantitative estimate of drug-likeness (QED) is 0.625. The van der Waals surface area contributed by atoms with Crippen LogP contribution in [-0.2, 0) is 4.79 Å². The van der Waals surface area contributed by atoms with Crippen LogP contribution in [0.4, 0.5) is 10.3 Å². The first-order valence-corrected chi connectivity index (χ1v) is 10.6. The van der Waals surface area contributed by atoms with E-state index in [2.05, 4.69) is 10.3 Å². The second-order valence-electron chi connectivity index (χ2n) is 7.87. The minimum atomic E-state index is -0.528. The van der Waals surface area contributed by atoms with Crippen molar-refractivity contribution in [1.82, 2.24) is 14.8 Å². The highest BCUT2D eigenvalue weighted by atomic mass is 19.1. The number of methoxy groups -OCH3 is 3. The van der Waals surface area contributed by atoms with E-state index in [0.717, 1.165) is 24.1 Å². The van der Waals surface area contributed by atoms with Gasteiger partial charge in [0.1, 0.15) is 11.9 Å². The first kappa shape index (κ1) is 21.0. The largest absolute Gasteiger partial charge is 0.493 e. The Morgan fingerprint density at radius 1 is 1.03 bits per heavy atom. The molecular weight excluding hydrogens is 427 g/mol. The van der Waals surface area contributed by atoms with Gasteiger partial charge in [-0.1, -0.05) is 0 Å². The van der Waals surface area contributed by atoms with Crippen LogP contribution < -0.4 is 19.5 Å². The predicted octanol–water partition coefficient (Wildman–Crippen LogP) is 4.13. The fourth-order valence-electron chi connectivity index (χ4n) is 4.44. The molecule has 0 saturated heterocycles. The summed E-state index contributed by atoms with van der Waals surface area (Å²) in [6.07, 6.45) is 1.97. The number of anilines is 1. The summed E-state index contributed by atoms with van der Waals surface area (Å²) in [5, 5.41) is 8.01. The summed E-state index contributed by atoms with van der Waals surface area (Å²) >= 11 is 0. The maximum absolute atomic E-state index is 13.4. The fourth-order valence-corrected chi connectivity index (χ4v) is 4.44. The van der Waals surface area contributed by atoms with Gasteiger partial charge in [0.05, 0.1) is 21.3 Å². The van der Waals surface area contributed by atoms with Crippen LogP contribution in [0, 0.1) is 5.82 Å². The Morgan fingerprint density at radius 2 is 1.73 bits per heavy atom. The van der Waals surface area contributed by atoms with Gasteiger partial charge in [-0.2, -0.15) is 4.98 Å². The molecule has 1 N–H and O–H groups in total. The molecule has 33 heavy (non-hydrogen) atoms. The van der Waals surface area contributed by atoms with E-state index < -0.39 is 6.04 Å². The van der Waals surface area contributed by atoms with Crippen LogP contribution in [0.5, 0.6) is 17.2 Å². The summed E-state index contributed by atoms with van der Waals surface area (Å²) in [5.74, 6) is 2.11. The van der Waals surface area contributed by atoms with E-state index in [0.29, 0.717) is 46.6 Å². The molecule has 2 aromatic carbocycles. The number of hydrogen-bond acceptors (Lipinski definition) is 7. The molecule has 0 radical (unpaired) electrons. The summed E-state index contributed by atoms with van der Waals surface area (Å²) in [4.78, 5) is 17.7. The number of ether oxygens (including phenoxy) is 3. The number of halogens is 1. The summed E-state index contributed by atoms with van der Waals surface area (Å²) in [6, 6.07) is 9.12. The SMILES string of the molecule is COc1cc(C2C3=C(CCCC3=O)Nc3nc(-c4ccc(F)cc4)nn32)cc(OC)c1OC. The van der Waals surface area contributed by atoms with Crippen molar-refractivity contribution < 1.29 is 23.4 Å². The molecule has 8 nitrogen and oxygen atoms in total. The van der Waals surface area contributed by atoms with E-state index in [1.807, 2.05) is 12.1 Å². The molecule has 3 aromatic rings. The zero-order valence-electron chi connectivity index (χ0n) is 18.5. The molecule has 5 rings (SSSR count). The van der Waals surface area contributed by atoms with Crippen molar-refractivity contribution in [3.63, 3.8) is 0 Å². The van der Waals surface area contributed by atoms with Crippen molar-refractivity contribution in [3.05, 3.63) is 59.0 Å². The minimum absolute atomic E-state index is 0.0620. The van der Waals surface area contributed by atoms with Crippen LogP contribution in [0.15, 0.2) is 47.7 Å². The molecule has 1 unspecified atom stereocenters. The third-order valence-corrected chi connectivity index (χ3v) is 5.97. The molecule has 1 atom stereocenters. The average Bonchev–Trinajstić information content (AvgIpc) is 3.26. The lowest BCUT2D eigenvalue weighted by molar-refractivity contribution is -0.116. The Bertz CT molecular complexity index is 1240. The summed E-state index contributed by atoms with van der Waals surface area (Å²) in [5.41, 5.74) is 2.92. The van der Waals surface area contributed by atoms with Crippen LogP contribution in [0.1, 0.15) is 30.9 Å². The van der Waals surface area contributed by atoms with Gasteiger partial charge in [0.15, 0.2) is 23.1 Å². The molecule has 1 aromatic heterocycles. The molecule has 170 valence electrons. The maximum Gasteiger partial charge on any atom is 0.226 e. The average molecular weight is 450 g/mol. The number of hydrogen-bond donors (Lipinski definition) is 1. The lowest BCUT2D eigenvalue weighted by atomic mass is 9.85. The van der Waals surface area contributed by atoms with Crippen molar-refractivity contribution >= 4 is 11.7 Å². The molecule has 0 amide bonds. The zero-order chi connectivity index (χ0) is 23.1. The number of Topliss-reactive ketones (excluding diaryl/α,β-unsaturated/α-hetero) is 1. The van der Waals surface area contributed by atoms with Gasteiger partial charge in [-0.3, -0.25) is 4.79 Å². The summed E-state index contributed by atoms with van der Waals surface area (Å²) < 4.78 is 31.7. The monoisotopic (exact) mass is 450 g/mol. The lowest BCUT2D eigenvalue weighted by Crippen LogP contribution is -2.31. The van der Waals surface area contributed by atoms with E-state index in [-0.39, 0.29) is 11.6 Å². The Hall–Kier alpha value is -3.88. The Balaban J connectivity index is 1.70. The second-order valence-corrected chi connectivity index (χ2v) is 7.87. The standard InChI is InChI=1S/C24H23FN4O4/c1-31-18-11-14(12-19(32-2)22(18)33-3)21-20-16(5-4-6-17(20)30)26-24-27-23(28-29(21)24)13-7-9-15(25)10-8-13/h7-12,21H,4-6H2,1-3H3,(H,26,27,28). The van der Waals surface area contributed by atoms with Gasteiger partial charge >= 0.3 is 0 Å². The van der Waals surface area contributed by atoms with Gasteiger partial charge in [0.2, 0.25) is 11.7 Å². The minimum Gasteiger partial charge on any atom is -0.493 e. The molecule has 0 fully saturated rings. The number of benzene rings is 2. The third-order valence-electron chi connectivity index (χ3n) is 5.97. The highest BCUT2D eigenvalue weighted by molar-refractivity contribution is 5.99. The Morgan fingerprint density at radius 3 is 2.36 bits per heavy atom. The van der Waals surface area contributed by atoms with Crippen molar-refractivity contribution in [2.75, 3.05) is 26.6 Å². The third kappa shape index (κ3) is 3.49. The van der Waals surface area contributed by atoms with Gasteiger partial charge in [-0.15, -0.1) is 5.10 Å². The van der Waals surface area contributed by atoms with Crippen molar-refractivity contribution in [3.8, 4) is 28.6 Å². The molecule has 1 aliphatic carbocycles. The molecule has 9 heteroatoms. The molecular formula is C24H23FN4O4. The molecule has 2 aliphatic rings. The van der Waals surface area contributed by atoms with E-state index in [9.17, 15) is 9.18 Å². The van der Waals surface area contributed by atoms with Crippen LogP contribution in [-0.4, -0.2) is 41.9 Å². The summed E-state index contributed by atoms with van der Waals surface area (Å²) in [6.45, 7) is 0. The highest BCUT2D eigenvalue weighted by Crippen LogP contribution is 2.45. The van der Waals surface area contributed by atoms with Crippen molar-refractivity contribution in [2.24, 2.45) is 0 Å². The number of rotatable bonds is 5. The molecule has 1 aliphatic heterocycles. The fraction of sp³-hybridized carbons (Fsp3) is 0.292. The van der Waals surface area contributed by atoms with E-state index in [1.54, 1.807) is 38.1 Å². The number of nitrogens with zero attached hydrogens (tertiary/aromatic N) is 3. The topological polar surface area (TPSA) is 87.5 Å². The number of allylic oxidation sites excluding steroid dienone is 2. The highest BCUT2D eigenvalue weighted by Gasteiger charge is 2.37. The Kier molecular flexibility index (Phi) is 5.24. The van der Waals surface area contributed by atoms with Crippen LogP contribution >= 0.6 is 0 Å². The number of nitrogens with one attached hydrogen (secondary N) is 1. The number of aromatic nitrogens is 3. The van der Waals surface area contributed by atoms with E-state index in [4.69, 9.17) is 19.3 Å². The normalized spacial score (nSPS) is 17.2. The maximum atomic E-state index is 13.4. The van der Waals surface area contributed by atoms with Gasteiger partial charge in [-0.25, -0.2) is 9.07 Å². The van der Waals surface area contributed by atoms with Gasteiger partial charge in [0, 0.05) is 23.3 Å². The molecule has 2 heterocycles. The van der Waals surface area contributed by atoms with Crippen molar-refractivity contribution in [2.45, 2.75) is 25.3 Å². The van der Waals surface area contributed by atoms with E-state index >= 15 is 0 Å². The lowest BCUT2D eigenvalue weighted by Gasteiger charge is -2.32.